The van der Waals surface area contributed by atoms with E-state index in [0.717, 1.165) is 35.5 Å². The van der Waals surface area contributed by atoms with Crippen LogP contribution in [0, 0.1) is 0 Å². The Balaban J connectivity index is 1.41. The first-order valence-electron chi connectivity index (χ1n) is 11.9. The summed E-state index contributed by atoms with van der Waals surface area (Å²) in [5.41, 5.74) is 0.500. The molecule has 3 N–H and O–H groups in total. The molecule has 0 aliphatic carbocycles. The minimum atomic E-state index is -4.58. The molecule has 0 aliphatic rings. The van der Waals surface area contributed by atoms with Crippen LogP contribution in [-0.2, 0) is 15.8 Å². The van der Waals surface area contributed by atoms with Crippen molar-refractivity contribution in [2.24, 2.45) is 0 Å². The molecule has 1 aromatic heterocycles. The number of thioether (sulfide) groups is 1. The zero-order chi connectivity index (χ0) is 29.4. The highest BCUT2D eigenvalue weighted by atomic mass is 35.5. The van der Waals surface area contributed by atoms with Crippen LogP contribution in [0.15, 0.2) is 100 Å². The van der Waals surface area contributed by atoms with Crippen LogP contribution in [0.25, 0.3) is 6.08 Å². The summed E-state index contributed by atoms with van der Waals surface area (Å²) in [5.74, 6) is -1.69. The summed E-state index contributed by atoms with van der Waals surface area (Å²) >= 11 is 8.51. The van der Waals surface area contributed by atoms with Gasteiger partial charge in [0.2, 0.25) is 5.91 Å². The molecule has 0 bridgehead atoms. The Morgan fingerprint density at radius 3 is 2.41 bits per heavy atom. The Hall–Kier alpha value is -4.06. The molecule has 3 aromatic carbocycles. The SMILES string of the molecule is O=C(CSc1cccc(NC(=O)/C(=C/c2ccsc2)NC(=O)c2ccccc2)c1)Nc1cc(C(F)(F)F)ccc1Cl. The average Bonchev–Trinajstić information content (AvgIpc) is 3.46. The second-order valence-corrected chi connectivity index (χ2v) is 10.7. The lowest BCUT2D eigenvalue weighted by Crippen LogP contribution is -2.30. The average molecular weight is 616 g/mol. The summed E-state index contributed by atoms with van der Waals surface area (Å²) in [5, 5.41) is 11.5. The van der Waals surface area contributed by atoms with Crippen molar-refractivity contribution in [2.45, 2.75) is 11.1 Å². The topological polar surface area (TPSA) is 87.3 Å². The maximum absolute atomic E-state index is 13.2. The minimum absolute atomic E-state index is 0.0216. The summed E-state index contributed by atoms with van der Waals surface area (Å²) in [4.78, 5) is 38.9. The molecule has 0 fully saturated rings. The highest BCUT2D eigenvalue weighted by Crippen LogP contribution is 2.34. The van der Waals surface area contributed by atoms with Gasteiger partial charge in [0, 0.05) is 16.1 Å². The predicted octanol–water partition coefficient (Wildman–Crippen LogP) is 7.56. The summed E-state index contributed by atoms with van der Waals surface area (Å²) in [6.45, 7) is 0. The quantitative estimate of drug-likeness (QED) is 0.134. The van der Waals surface area contributed by atoms with Gasteiger partial charge < -0.3 is 16.0 Å². The van der Waals surface area contributed by atoms with Gasteiger partial charge in [0.1, 0.15) is 5.70 Å². The smallest absolute Gasteiger partial charge is 0.324 e. The van der Waals surface area contributed by atoms with Crippen molar-refractivity contribution < 1.29 is 27.6 Å². The normalized spacial score (nSPS) is 11.6. The monoisotopic (exact) mass is 615 g/mol. The van der Waals surface area contributed by atoms with Crippen molar-refractivity contribution in [3.05, 3.63) is 117 Å². The molecule has 0 spiro atoms. The van der Waals surface area contributed by atoms with Crippen molar-refractivity contribution in [3.8, 4) is 0 Å². The Kier molecular flexibility index (Phi) is 9.87. The van der Waals surface area contributed by atoms with Crippen molar-refractivity contribution in [3.63, 3.8) is 0 Å². The first-order chi connectivity index (χ1) is 19.6. The number of thiophene rings is 1. The van der Waals surface area contributed by atoms with Gasteiger partial charge in [0.15, 0.2) is 0 Å². The van der Waals surface area contributed by atoms with Crippen LogP contribution in [0.3, 0.4) is 0 Å². The molecule has 41 heavy (non-hydrogen) atoms. The first kappa shape index (κ1) is 29.9. The maximum atomic E-state index is 13.2. The number of benzene rings is 3. The molecule has 6 nitrogen and oxygen atoms in total. The molecule has 0 atom stereocenters. The lowest BCUT2D eigenvalue weighted by atomic mass is 10.2. The van der Waals surface area contributed by atoms with E-state index in [9.17, 15) is 27.6 Å². The number of carbonyl (C=O) groups excluding carboxylic acids is 3. The number of carbonyl (C=O) groups is 3. The van der Waals surface area contributed by atoms with Gasteiger partial charge in [-0.05, 0) is 77.0 Å². The van der Waals surface area contributed by atoms with Crippen LogP contribution >= 0.6 is 34.7 Å². The number of amides is 3. The number of halogens is 4. The summed E-state index contributed by atoms with van der Waals surface area (Å²) < 4.78 is 39.0. The molecule has 0 saturated carbocycles. The molecule has 0 saturated heterocycles. The first-order valence-corrected chi connectivity index (χ1v) is 14.2. The lowest BCUT2D eigenvalue weighted by Gasteiger charge is -2.12. The van der Waals surface area contributed by atoms with E-state index in [1.165, 1.54) is 11.3 Å². The zero-order valence-corrected chi connectivity index (χ0v) is 23.4. The van der Waals surface area contributed by atoms with E-state index >= 15 is 0 Å². The molecule has 4 rings (SSSR count). The zero-order valence-electron chi connectivity index (χ0n) is 21.0. The second kappa shape index (κ2) is 13.5. The fraction of sp³-hybridized carbons (Fsp3) is 0.0690. The number of nitrogens with one attached hydrogen (secondary N) is 3. The Morgan fingerprint density at radius 2 is 1.71 bits per heavy atom. The fourth-order valence-corrected chi connectivity index (χ4v) is 5.00. The third-order valence-corrected chi connectivity index (χ3v) is 7.44. The van der Waals surface area contributed by atoms with E-state index in [1.807, 2.05) is 16.8 Å². The number of alkyl halides is 3. The predicted molar refractivity (Wildman–Crippen MR) is 157 cm³/mol. The molecule has 1 heterocycles. The standard InChI is InChI=1S/C29H21ClF3N3O3S2/c30-23-10-9-20(29(31,32)33)14-24(23)35-26(37)17-41-22-8-4-7-21(15-22)34-28(39)25(13-18-11-12-40-16-18)36-27(38)19-5-2-1-3-6-19/h1-16H,17H2,(H,34,39)(H,35,37)(H,36,38)/b25-13-. The molecule has 0 unspecified atom stereocenters. The van der Waals surface area contributed by atoms with E-state index in [-0.39, 0.29) is 22.2 Å². The lowest BCUT2D eigenvalue weighted by molar-refractivity contribution is -0.137. The Morgan fingerprint density at radius 1 is 0.927 bits per heavy atom. The van der Waals surface area contributed by atoms with Gasteiger partial charge in [-0.3, -0.25) is 14.4 Å². The maximum Gasteiger partial charge on any atom is 0.416 e. The molecule has 4 aromatic rings. The van der Waals surface area contributed by atoms with Crippen molar-refractivity contribution >= 4 is 69.9 Å². The minimum Gasteiger partial charge on any atom is -0.324 e. The van der Waals surface area contributed by atoms with Crippen LogP contribution in [0.4, 0.5) is 24.5 Å². The van der Waals surface area contributed by atoms with E-state index < -0.39 is 29.5 Å². The van der Waals surface area contributed by atoms with Crippen molar-refractivity contribution in [1.82, 2.24) is 5.32 Å². The number of anilines is 2. The van der Waals surface area contributed by atoms with Gasteiger partial charge in [0.25, 0.3) is 11.8 Å². The third-order valence-electron chi connectivity index (χ3n) is 5.41. The van der Waals surface area contributed by atoms with Crippen LogP contribution in [0.1, 0.15) is 21.5 Å². The van der Waals surface area contributed by atoms with Gasteiger partial charge in [-0.1, -0.05) is 35.9 Å². The molecular formula is C29H21ClF3N3O3S2. The van der Waals surface area contributed by atoms with Gasteiger partial charge in [-0.25, -0.2) is 0 Å². The van der Waals surface area contributed by atoms with Gasteiger partial charge in [-0.2, -0.15) is 24.5 Å². The second-order valence-electron chi connectivity index (χ2n) is 8.45. The Labute approximate surface area is 246 Å². The van der Waals surface area contributed by atoms with E-state index in [0.29, 0.717) is 16.1 Å². The van der Waals surface area contributed by atoms with Gasteiger partial charge in [0.05, 0.1) is 22.0 Å². The largest absolute Gasteiger partial charge is 0.416 e. The van der Waals surface area contributed by atoms with Crippen LogP contribution in [0.2, 0.25) is 5.02 Å². The molecule has 210 valence electrons. The molecule has 0 radical (unpaired) electrons. The number of rotatable bonds is 9. The number of hydrogen-bond donors (Lipinski definition) is 3. The molecule has 3 amide bonds. The van der Waals surface area contributed by atoms with Crippen LogP contribution < -0.4 is 16.0 Å². The van der Waals surface area contributed by atoms with Crippen molar-refractivity contribution in [2.75, 3.05) is 16.4 Å². The van der Waals surface area contributed by atoms with E-state index in [4.69, 9.17) is 11.6 Å². The third kappa shape index (κ3) is 8.71. The molecule has 12 heteroatoms. The van der Waals surface area contributed by atoms with E-state index in [2.05, 4.69) is 16.0 Å². The molecule has 0 aliphatic heterocycles. The number of hydrogen-bond acceptors (Lipinski definition) is 5. The summed E-state index contributed by atoms with van der Waals surface area (Å²) in [7, 11) is 0. The van der Waals surface area contributed by atoms with Gasteiger partial charge in [-0.15, -0.1) is 11.8 Å². The molecular weight excluding hydrogens is 595 g/mol. The highest BCUT2D eigenvalue weighted by molar-refractivity contribution is 8.00. The summed E-state index contributed by atoms with van der Waals surface area (Å²) in [6.07, 6.45) is -3.01. The Bertz CT molecular complexity index is 1580. The van der Waals surface area contributed by atoms with Crippen LogP contribution in [-0.4, -0.2) is 23.5 Å². The van der Waals surface area contributed by atoms with Crippen molar-refractivity contribution in [1.29, 1.82) is 0 Å². The van der Waals surface area contributed by atoms with Crippen LogP contribution in [0.5, 0.6) is 0 Å². The summed E-state index contributed by atoms with van der Waals surface area (Å²) in [6, 6.07) is 19.6. The fourth-order valence-electron chi connectivity index (χ4n) is 3.46. The van der Waals surface area contributed by atoms with Gasteiger partial charge >= 0.3 is 6.18 Å². The highest BCUT2D eigenvalue weighted by Gasteiger charge is 2.31. The van der Waals surface area contributed by atoms with E-state index in [1.54, 1.807) is 60.7 Å².